The van der Waals surface area contributed by atoms with E-state index < -0.39 is 0 Å². The molecule has 0 unspecified atom stereocenters. The largest absolute Gasteiger partial charge is 0.272 e. The molecule has 172 valence electrons. The van der Waals surface area contributed by atoms with E-state index in [0.29, 0.717) is 21.7 Å². The number of carbonyl (C=O) groups is 1. The topological polar surface area (TPSA) is 85.1 Å². The zero-order valence-corrected chi connectivity index (χ0v) is 19.9. The molecule has 9 heteroatoms. The number of pyridine rings is 1. The number of thioether (sulfide) groups is 1. The van der Waals surface area contributed by atoms with Crippen LogP contribution in [0.4, 0.5) is 0 Å². The Morgan fingerprint density at radius 3 is 2.49 bits per heavy atom. The van der Waals surface area contributed by atoms with Gasteiger partial charge in [-0.15, -0.1) is 10.2 Å². The monoisotopic (exact) mass is 498 g/mol. The van der Waals surface area contributed by atoms with Crippen molar-refractivity contribution in [2.45, 2.75) is 5.16 Å². The van der Waals surface area contributed by atoms with E-state index in [1.165, 1.54) is 18.0 Å². The molecular formula is C26H19ClN6OS. The van der Waals surface area contributed by atoms with E-state index in [2.05, 4.69) is 25.7 Å². The van der Waals surface area contributed by atoms with E-state index in [-0.39, 0.29) is 11.7 Å². The van der Waals surface area contributed by atoms with Gasteiger partial charge < -0.3 is 0 Å². The van der Waals surface area contributed by atoms with E-state index in [9.17, 15) is 4.79 Å². The molecule has 0 fully saturated rings. The number of hydrogen-bond donors (Lipinski definition) is 1. The van der Waals surface area contributed by atoms with Crippen molar-refractivity contribution < 1.29 is 4.79 Å². The van der Waals surface area contributed by atoms with Gasteiger partial charge in [0.2, 0.25) is 0 Å². The fraction of sp³-hybridized carbons (Fsp3) is 0.0385. The van der Waals surface area contributed by atoms with Gasteiger partial charge in [0.05, 0.1) is 17.5 Å². The summed E-state index contributed by atoms with van der Waals surface area (Å²) in [5.74, 6) is 0.539. The third-order valence-electron chi connectivity index (χ3n) is 5.11. The molecule has 2 heterocycles. The maximum Gasteiger partial charge on any atom is 0.250 e. The zero-order valence-electron chi connectivity index (χ0n) is 18.4. The quantitative estimate of drug-likeness (QED) is 0.141. The molecule has 0 saturated heterocycles. The molecule has 0 saturated carbocycles. The van der Waals surface area contributed by atoms with Crippen molar-refractivity contribution in [3.63, 3.8) is 0 Å². The summed E-state index contributed by atoms with van der Waals surface area (Å²) in [6, 6.07) is 29.2. The lowest BCUT2D eigenvalue weighted by Crippen LogP contribution is -2.20. The van der Waals surface area contributed by atoms with E-state index in [1.54, 1.807) is 0 Å². The summed E-state index contributed by atoms with van der Waals surface area (Å²) in [6.45, 7) is 0. The molecule has 3 aromatic carbocycles. The Balaban J connectivity index is 1.30. The van der Waals surface area contributed by atoms with Crippen LogP contribution in [-0.4, -0.2) is 37.6 Å². The Bertz CT molecular complexity index is 1500. The van der Waals surface area contributed by atoms with Gasteiger partial charge in [0.25, 0.3) is 5.91 Å². The number of nitrogens with zero attached hydrogens (tertiary/aromatic N) is 5. The number of hydrazone groups is 1. The first-order chi connectivity index (χ1) is 17.2. The Kier molecular flexibility index (Phi) is 6.83. The van der Waals surface area contributed by atoms with Crippen LogP contribution in [0, 0.1) is 0 Å². The second-order valence-corrected chi connectivity index (χ2v) is 8.79. The molecule has 5 aromatic rings. The molecule has 1 amide bonds. The summed E-state index contributed by atoms with van der Waals surface area (Å²) in [6.07, 6.45) is 1.49. The second kappa shape index (κ2) is 10.5. The average molecular weight is 499 g/mol. The van der Waals surface area contributed by atoms with Gasteiger partial charge in [0.15, 0.2) is 11.0 Å². The van der Waals surface area contributed by atoms with Crippen LogP contribution in [0.25, 0.3) is 28.0 Å². The third-order valence-corrected chi connectivity index (χ3v) is 6.34. The fourth-order valence-electron chi connectivity index (χ4n) is 3.48. The average Bonchev–Trinajstić information content (AvgIpc) is 3.33. The van der Waals surface area contributed by atoms with Crippen molar-refractivity contribution in [1.82, 2.24) is 25.2 Å². The van der Waals surface area contributed by atoms with Gasteiger partial charge in [-0.3, -0.25) is 9.36 Å². The van der Waals surface area contributed by atoms with Crippen molar-refractivity contribution in [3.8, 4) is 17.1 Å². The first-order valence-electron chi connectivity index (χ1n) is 10.8. The normalized spacial score (nSPS) is 11.2. The van der Waals surface area contributed by atoms with Gasteiger partial charge in [0.1, 0.15) is 5.15 Å². The van der Waals surface area contributed by atoms with Crippen LogP contribution in [0.15, 0.2) is 101 Å². The molecule has 35 heavy (non-hydrogen) atoms. The number of carbonyl (C=O) groups excluding carboxylic acids is 1. The number of nitrogens with one attached hydrogen (secondary N) is 1. The first kappa shape index (κ1) is 22.8. The summed E-state index contributed by atoms with van der Waals surface area (Å²) in [5.41, 5.74) is 5.81. The maximum atomic E-state index is 12.5. The summed E-state index contributed by atoms with van der Waals surface area (Å²) < 4.78 is 1.94. The van der Waals surface area contributed by atoms with E-state index in [0.717, 1.165) is 22.2 Å². The van der Waals surface area contributed by atoms with Gasteiger partial charge in [-0.1, -0.05) is 90.1 Å². The molecule has 7 nitrogen and oxygen atoms in total. The number of hydrogen-bond acceptors (Lipinski definition) is 6. The summed E-state index contributed by atoms with van der Waals surface area (Å²) in [5, 5.41) is 14.6. The number of fused-ring (bicyclic) bond motifs is 1. The highest BCUT2D eigenvalue weighted by molar-refractivity contribution is 7.99. The lowest BCUT2D eigenvalue weighted by atomic mass is 10.2. The van der Waals surface area contributed by atoms with Crippen molar-refractivity contribution in [1.29, 1.82) is 0 Å². The number of benzene rings is 3. The highest BCUT2D eigenvalue weighted by Gasteiger charge is 2.17. The van der Waals surface area contributed by atoms with Crippen LogP contribution >= 0.6 is 23.4 Å². The van der Waals surface area contributed by atoms with Crippen molar-refractivity contribution in [2.24, 2.45) is 5.10 Å². The number of para-hydroxylation sites is 2. The highest BCUT2D eigenvalue weighted by Crippen LogP contribution is 2.27. The molecule has 5 rings (SSSR count). The van der Waals surface area contributed by atoms with Gasteiger partial charge >= 0.3 is 0 Å². The molecule has 0 aliphatic rings. The van der Waals surface area contributed by atoms with Gasteiger partial charge in [-0.2, -0.15) is 5.10 Å². The highest BCUT2D eigenvalue weighted by atomic mass is 35.5. The van der Waals surface area contributed by atoms with Crippen LogP contribution in [0.1, 0.15) is 5.56 Å². The van der Waals surface area contributed by atoms with Gasteiger partial charge in [-0.05, 0) is 24.3 Å². The van der Waals surface area contributed by atoms with Crippen molar-refractivity contribution in [2.75, 3.05) is 5.75 Å². The smallest absolute Gasteiger partial charge is 0.250 e. The molecule has 0 aliphatic carbocycles. The fourth-order valence-corrected chi connectivity index (χ4v) is 4.42. The SMILES string of the molecule is O=C(CSc1nnc(-c2ccccc2)n1-c1ccccc1)N/N=C\c1cc2ccccc2nc1Cl. The van der Waals surface area contributed by atoms with Crippen LogP contribution < -0.4 is 5.43 Å². The van der Waals surface area contributed by atoms with E-state index in [4.69, 9.17) is 11.6 Å². The van der Waals surface area contributed by atoms with Crippen LogP contribution in [0.5, 0.6) is 0 Å². The number of amides is 1. The van der Waals surface area contributed by atoms with E-state index >= 15 is 0 Å². The number of aromatic nitrogens is 4. The van der Waals surface area contributed by atoms with Gasteiger partial charge in [-0.25, -0.2) is 10.4 Å². The molecule has 0 radical (unpaired) electrons. The molecule has 0 spiro atoms. The predicted molar refractivity (Wildman–Crippen MR) is 140 cm³/mol. The zero-order chi connectivity index (χ0) is 24.0. The molecule has 1 N–H and O–H groups in total. The Morgan fingerprint density at radius 2 is 1.69 bits per heavy atom. The Morgan fingerprint density at radius 1 is 0.971 bits per heavy atom. The van der Waals surface area contributed by atoms with Crippen LogP contribution in [0.2, 0.25) is 5.15 Å². The van der Waals surface area contributed by atoms with E-state index in [1.807, 2.05) is 95.6 Å². The molecule has 2 aromatic heterocycles. The number of rotatable bonds is 7. The lowest BCUT2D eigenvalue weighted by molar-refractivity contribution is -0.118. The van der Waals surface area contributed by atoms with Crippen LogP contribution in [0.3, 0.4) is 0 Å². The molecule has 0 bridgehead atoms. The Hall–Kier alpha value is -4.01. The predicted octanol–water partition coefficient (Wildman–Crippen LogP) is 5.38. The minimum absolute atomic E-state index is 0.112. The van der Waals surface area contributed by atoms with Crippen molar-refractivity contribution in [3.05, 3.63) is 102 Å². The summed E-state index contributed by atoms with van der Waals surface area (Å²) in [7, 11) is 0. The molecule has 0 aliphatic heterocycles. The molecule has 0 atom stereocenters. The standard InChI is InChI=1S/C26H19ClN6OS/c27-24-20(15-19-11-7-8-14-22(19)29-24)16-28-30-23(34)17-35-26-32-31-25(18-9-3-1-4-10-18)33(26)21-12-5-2-6-13-21/h1-16H,17H2,(H,30,34)/b28-16-. The summed E-state index contributed by atoms with van der Waals surface area (Å²) in [4.78, 5) is 16.8. The van der Waals surface area contributed by atoms with Crippen LogP contribution in [-0.2, 0) is 4.79 Å². The number of halogens is 1. The lowest BCUT2D eigenvalue weighted by Gasteiger charge is -2.10. The van der Waals surface area contributed by atoms with Gasteiger partial charge in [0, 0.05) is 22.2 Å². The van der Waals surface area contributed by atoms with Crippen molar-refractivity contribution >= 4 is 46.4 Å². The summed E-state index contributed by atoms with van der Waals surface area (Å²) >= 11 is 7.53. The Labute approximate surface area is 210 Å². The third kappa shape index (κ3) is 5.24. The minimum atomic E-state index is -0.278. The molecular weight excluding hydrogens is 480 g/mol. The second-order valence-electron chi connectivity index (χ2n) is 7.49. The minimum Gasteiger partial charge on any atom is -0.272 e. The maximum absolute atomic E-state index is 12.5. The first-order valence-corrected chi connectivity index (χ1v) is 12.1.